The second-order valence-corrected chi connectivity index (χ2v) is 8.73. The zero-order valence-corrected chi connectivity index (χ0v) is 17.8. The predicted octanol–water partition coefficient (Wildman–Crippen LogP) is 3.78. The van der Waals surface area contributed by atoms with E-state index in [4.69, 9.17) is 18.9 Å². The van der Waals surface area contributed by atoms with Crippen molar-refractivity contribution in [2.24, 2.45) is 17.8 Å². The van der Waals surface area contributed by atoms with E-state index >= 15 is 0 Å². The lowest BCUT2D eigenvalue weighted by Crippen LogP contribution is -2.51. The first-order chi connectivity index (χ1) is 14.4. The monoisotopic (exact) mass is 414 g/mol. The molecule has 2 saturated carbocycles. The van der Waals surface area contributed by atoms with Gasteiger partial charge in [-0.25, -0.2) is 0 Å². The molecule has 0 radical (unpaired) electrons. The van der Waals surface area contributed by atoms with Gasteiger partial charge < -0.3 is 18.9 Å². The van der Waals surface area contributed by atoms with Crippen LogP contribution in [-0.4, -0.2) is 36.5 Å². The summed E-state index contributed by atoms with van der Waals surface area (Å²) in [6, 6.07) is 10.1. The maximum absolute atomic E-state index is 11.5. The third-order valence-electron chi connectivity index (χ3n) is 6.50. The minimum absolute atomic E-state index is 0.0501. The van der Waals surface area contributed by atoms with Crippen LogP contribution in [0, 0.1) is 17.8 Å². The topological polar surface area (TPSA) is 71.1 Å². The Kier molecular flexibility index (Phi) is 6.25. The molecule has 6 nitrogen and oxygen atoms in total. The number of carbonyl (C=O) groups excluding carboxylic acids is 2. The van der Waals surface area contributed by atoms with E-state index in [1.165, 1.54) is 13.8 Å². The van der Waals surface area contributed by atoms with E-state index in [0.29, 0.717) is 18.4 Å². The van der Waals surface area contributed by atoms with Crippen molar-refractivity contribution in [2.75, 3.05) is 0 Å². The van der Waals surface area contributed by atoms with Crippen molar-refractivity contribution in [3.8, 4) is 0 Å². The van der Waals surface area contributed by atoms with E-state index in [1.54, 1.807) is 0 Å². The van der Waals surface area contributed by atoms with Crippen LogP contribution in [0.3, 0.4) is 0 Å². The summed E-state index contributed by atoms with van der Waals surface area (Å²) >= 11 is 0. The molecule has 0 spiro atoms. The third-order valence-corrected chi connectivity index (χ3v) is 6.50. The summed E-state index contributed by atoms with van der Waals surface area (Å²) < 4.78 is 23.6. The fourth-order valence-electron chi connectivity index (χ4n) is 5.34. The number of fused-ring (bicyclic) bond motifs is 3. The molecule has 2 unspecified atom stereocenters. The van der Waals surface area contributed by atoms with Gasteiger partial charge in [0, 0.05) is 19.8 Å². The maximum Gasteiger partial charge on any atom is 0.305 e. The molecule has 0 saturated heterocycles. The van der Waals surface area contributed by atoms with Crippen LogP contribution in [0.15, 0.2) is 42.0 Å². The smallest absolute Gasteiger partial charge is 0.305 e. The average Bonchev–Trinajstić information content (AvgIpc) is 3.09. The first kappa shape index (κ1) is 21.1. The molecule has 3 aliphatic rings. The first-order valence-electron chi connectivity index (χ1n) is 10.7. The van der Waals surface area contributed by atoms with Gasteiger partial charge in [-0.2, -0.15) is 0 Å². The van der Waals surface area contributed by atoms with Crippen molar-refractivity contribution in [1.82, 2.24) is 0 Å². The fraction of sp³-hybridized carbons (Fsp3) is 0.583. The number of benzene rings is 1. The molecule has 2 aliphatic carbocycles. The van der Waals surface area contributed by atoms with Gasteiger partial charge in [-0.05, 0) is 49.2 Å². The van der Waals surface area contributed by atoms with Crippen LogP contribution in [0.1, 0.15) is 45.6 Å². The summed E-state index contributed by atoms with van der Waals surface area (Å²) in [6.45, 7) is 5.30. The molecule has 4 rings (SSSR count). The maximum atomic E-state index is 11.5. The van der Waals surface area contributed by atoms with Gasteiger partial charge >= 0.3 is 11.9 Å². The molecule has 0 bridgehead atoms. The Morgan fingerprint density at radius 2 is 1.77 bits per heavy atom. The first-order valence-corrected chi connectivity index (χ1v) is 10.7. The van der Waals surface area contributed by atoms with Crippen LogP contribution in [-0.2, 0) is 35.1 Å². The summed E-state index contributed by atoms with van der Waals surface area (Å²) in [7, 11) is 0. The number of carbonyl (C=O) groups is 2. The molecule has 30 heavy (non-hydrogen) atoms. The van der Waals surface area contributed by atoms with Gasteiger partial charge in [0.1, 0.15) is 6.10 Å². The molecule has 0 amide bonds. The Morgan fingerprint density at radius 3 is 2.47 bits per heavy atom. The van der Waals surface area contributed by atoms with Crippen LogP contribution in [0.4, 0.5) is 0 Å². The Hall–Kier alpha value is -2.18. The van der Waals surface area contributed by atoms with E-state index in [0.717, 1.165) is 30.4 Å². The Labute approximate surface area is 177 Å². The minimum Gasteiger partial charge on any atom is -0.463 e. The molecule has 1 aromatic carbocycles. The van der Waals surface area contributed by atoms with E-state index in [1.807, 2.05) is 37.3 Å². The van der Waals surface area contributed by atoms with Crippen molar-refractivity contribution in [2.45, 2.75) is 71.2 Å². The van der Waals surface area contributed by atoms with Crippen molar-refractivity contribution in [3.05, 3.63) is 47.5 Å². The highest BCUT2D eigenvalue weighted by molar-refractivity contribution is 5.66. The molecule has 1 heterocycles. The number of hydrogen-bond donors (Lipinski definition) is 0. The Morgan fingerprint density at radius 1 is 1.03 bits per heavy atom. The standard InChI is InChI=1S/C24H30O6/c1-14-9-21-20-12-19(28-15(2)25)10-18(20)11-22(23(21)30-24(14)29-16(3)26)27-13-17-7-5-4-6-8-17/h4-9,18-24H,10-13H2,1-3H3/t18-,19?,20-,21+,22-,23-,24?/m0/s1. The largest absolute Gasteiger partial charge is 0.463 e. The molecular weight excluding hydrogens is 384 g/mol. The number of ether oxygens (including phenoxy) is 4. The second-order valence-electron chi connectivity index (χ2n) is 8.73. The van der Waals surface area contributed by atoms with E-state index in [2.05, 4.69) is 6.08 Å². The highest BCUT2D eigenvalue weighted by atomic mass is 16.7. The molecular formula is C24H30O6. The molecule has 2 fully saturated rings. The lowest BCUT2D eigenvalue weighted by atomic mass is 9.69. The zero-order chi connectivity index (χ0) is 21.3. The predicted molar refractivity (Wildman–Crippen MR) is 109 cm³/mol. The average molecular weight is 414 g/mol. The van der Waals surface area contributed by atoms with E-state index in [9.17, 15) is 9.59 Å². The van der Waals surface area contributed by atoms with Gasteiger partial charge in [0.25, 0.3) is 0 Å². The van der Waals surface area contributed by atoms with Gasteiger partial charge in [-0.15, -0.1) is 0 Å². The lowest BCUT2D eigenvalue weighted by molar-refractivity contribution is -0.220. The summed E-state index contributed by atoms with van der Waals surface area (Å²) in [5.41, 5.74) is 2.02. The molecule has 1 aromatic rings. The fourth-order valence-corrected chi connectivity index (χ4v) is 5.34. The highest BCUT2D eigenvalue weighted by Crippen LogP contribution is 2.50. The minimum atomic E-state index is -0.672. The van der Waals surface area contributed by atoms with Crippen molar-refractivity contribution >= 4 is 11.9 Å². The molecule has 162 valence electrons. The quantitative estimate of drug-likeness (QED) is 0.539. The van der Waals surface area contributed by atoms with E-state index in [-0.39, 0.29) is 36.2 Å². The molecule has 7 atom stereocenters. The lowest BCUT2D eigenvalue weighted by Gasteiger charge is -2.47. The molecule has 1 aliphatic heterocycles. The number of esters is 2. The SMILES string of the molecule is CC(=O)OC1C[C@H]2C[C@H](OCc3ccccc3)[C@H]3OC(OC(C)=O)C(C)=C[C@@H]3[C@H]2C1. The normalized spacial score (nSPS) is 35.0. The summed E-state index contributed by atoms with van der Waals surface area (Å²) in [6.07, 6.45) is 3.69. The van der Waals surface area contributed by atoms with Gasteiger partial charge in [0.05, 0.1) is 18.8 Å². The van der Waals surface area contributed by atoms with Gasteiger partial charge in [-0.3, -0.25) is 9.59 Å². The van der Waals surface area contributed by atoms with Gasteiger partial charge in [0.2, 0.25) is 6.29 Å². The number of hydrogen-bond acceptors (Lipinski definition) is 6. The summed E-state index contributed by atoms with van der Waals surface area (Å²) in [4.78, 5) is 23.0. The van der Waals surface area contributed by atoms with Crippen molar-refractivity contribution in [1.29, 1.82) is 0 Å². The van der Waals surface area contributed by atoms with Crippen LogP contribution in [0.2, 0.25) is 0 Å². The van der Waals surface area contributed by atoms with Gasteiger partial charge in [0.15, 0.2) is 0 Å². The highest BCUT2D eigenvalue weighted by Gasteiger charge is 2.52. The zero-order valence-electron chi connectivity index (χ0n) is 17.8. The van der Waals surface area contributed by atoms with Crippen LogP contribution >= 0.6 is 0 Å². The molecule has 6 heteroatoms. The van der Waals surface area contributed by atoms with Crippen LogP contribution in [0.5, 0.6) is 0 Å². The molecule has 0 N–H and O–H groups in total. The Balaban J connectivity index is 1.55. The number of rotatable bonds is 5. The van der Waals surface area contributed by atoms with Gasteiger partial charge in [-0.1, -0.05) is 36.4 Å². The molecule has 0 aromatic heterocycles. The van der Waals surface area contributed by atoms with Crippen molar-refractivity contribution < 1.29 is 28.5 Å². The van der Waals surface area contributed by atoms with E-state index < -0.39 is 6.29 Å². The summed E-state index contributed by atoms with van der Waals surface area (Å²) in [5.74, 6) is 0.335. The second kappa shape index (κ2) is 8.90. The van der Waals surface area contributed by atoms with Crippen LogP contribution in [0.25, 0.3) is 0 Å². The summed E-state index contributed by atoms with van der Waals surface area (Å²) in [5, 5.41) is 0. The third kappa shape index (κ3) is 4.60. The Bertz CT molecular complexity index is 803. The van der Waals surface area contributed by atoms with Crippen LogP contribution < -0.4 is 0 Å². The van der Waals surface area contributed by atoms with Crippen molar-refractivity contribution in [3.63, 3.8) is 0 Å².